The summed E-state index contributed by atoms with van der Waals surface area (Å²) in [4.78, 5) is 25.6. The number of fused-ring (bicyclic) bond motifs is 2. The molecule has 38 heavy (non-hydrogen) atoms. The molecule has 2 aliphatic carbocycles. The van der Waals surface area contributed by atoms with Gasteiger partial charge in [-0.1, -0.05) is 30.3 Å². The maximum absolute atomic E-state index is 13.4. The first-order chi connectivity index (χ1) is 17.6. The fraction of sp³-hybridized carbons (Fsp3) is 0.182. The van der Waals surface area contributed by atoms with Gasteiger partial charge >= 0.3 is 10.4 Å². The Hall–Kier alpha value is -3.41. The number of hydrogen-bond donors (Lipinski definition) is 4. The zero-order chi connectivity index (χ0) is 28.0. The molecule has 16 heteroatoms. The number of Topliss-reactive ketones (excluding diaryl/α,β-unsaturated/α-hetero) is 2. The molecule has 0 fully saturated rings. The van der Waals surface area contributed by atoms with E-state index < -0.39 is 76.7 Å². The van der Waals surface area contributed by atoms with Crippen molar-refractivity contribution >= 4 is 47.6 Å². The molecule has 0 bridgehead atoms. The van der Waals surface area contributed by atoms with Crippen molar-refractivity contribution in [2.45, 2.75) is 4.90 Å². The van der Waals surface area contributed by atoms with Crippen molar-refractivity contribution in [2.24, 2.45) is 17.6 Å². The fourth-order valence-corrected chi connectivity index (χ4v) is 6.53. The normalized spacial score (nSPS) is 20.0. The van der Waals surface area contributed by atoms with Crippen LogP contribution in [0.1, 0.15) is 20.7 Å². The van der Waals surface area contributed by atoms with Gasteiger partial charge in [-0.3, -0.25) is 18.7 Å². The monoisotopic (exact) mass is 584 g/mol. The van der Waals surface area contributed by atoms with Crippen molar-refractivity contribution in [3.05, 3.63) is 82.0 Å². The van der Waals surface area contributed by atoms with Gasteiger partial charge in [0.05, 0.1) is 29.1 Å². The number of benzene rings is 2. The molecule has 2 unspecified atom stereocenters. The van der Waals surface area contributed by atoms with Crippen LogP contribution in [-0.2, 0) is 34.5 Å². The van der Waals surface area contributed by atoms with Crippen LogP contribution < -0.4 is 11.1 Å². The van der Waals surface area contributed by atoms with E-state index in [2.05, 4.69) is 9.50 Å². The molecule has 0 radical (unpaired) electrons. The summed E-state index contributed by atoms with van der Waals surface area (Å²) in [5.41, 5.74) is 5.53. The number of allylic oxidation sites excluding steroid dienone is 3. The summed E-state index contributed by atoms with van der Waals surface area (Å²) in [6.45, 7) is -0.856. The zero-order valence-corrected chi connectivity index (χ0v) is 21.6. The van der Waals surface area contributed by atoms with Crippen LogP contribution in [0.2, 0.25) is 0 Å². The molecule has 0 heterocycles. The predicted molar refractivity (Wildman–Crippen MR) is 133 cm³/mol. The number of rotatable bonds is 8. The van der Waals surface area contributed by atoms with E-state index in [1.54, 1.807) is 6.07 Å². The number of carbonyl (C=O) groups excluding carboxylic acids is 2. The van der Waals surface area contributed by atoms with E-state index in [-0.39, 0.29) is 27.4 Å². The summed E-state index contributed by atoms with van der Waals surface area (Å²) in [6, 6.07) is 10.9. The second-order valence-corrected chi connectivity index (χ2v) is 12.9. The SMILES string of the molecule is NC1=C(S(=O)(=O)O)C=C(Nc2cccc(S(=O)(=O)CCOS(=O)(=O)O)c2)C2C(=O)c3ccccc3C(=O)C12. The van der Waals surface area contributed by atoms with Gasteiger partial charge in [-0.05, 0) is 24.3 Å². The van der Waals surface area contributed by atoms with E-state index in [1.165, 1.54) is 36.4 Å². The molecular formula is C22H20N2O11S3. The molecule has 4 rings (SSSR count). The molecule has 0 saturated heterocycles. The lowest BCUT2D eigenvalue weighted by Crippen LogP contribution is -2.44. The highest BCUT2D eigenvalue weighted by molar-refractivity contribution is 7.91. The Labute approximate surface area is 217 Å². The van der Waals surface area contributed by atoms with E-state index in [9.17, 15) is 39.4 Å². The smallest absolute Gasteiger partial charge is 0.397 e. The quantitative estimate of drug-likeness (QED) is 0.318. The Balaban J connectivity index is 1.75. The second-order valence-electron chi connectivity index (χ2n) is 8.35. The summed E-state index contributed by atoms with van der Waals surface area (Å²) in [7, 11) is -13.9. The minimum absolute atomic E-state index is 0.0397. The van der Waals surface area contributed by atoms with E-state index >= 15 is 0 Å². The molecule has 2 aromatic carbocycles. The average molecular weight is 585 g/mol. The van der Waals surface area contributed by atoms with Crippen LogP contribution in [0, 0.1) is 11.8 Å². The molecule has 0 spiro atoms. The Morgan fingerprint density at radius 2 is 1.47 bits per heavy atom. The minimum atomic E-state index is -4.93. The zero-order valence-electron chi connectivity index (χ0n) is 19.1. The van der Waals surface area contributed by atoms with Crippen molar-refractivity contribution in [3.8, 4) is 0 Å². The van der Waals surface area contributed by atoms with Crippen molar-refractivity contribution in [3.63, 3.8) is 0 Å². The fourth-order valence-electron chi connectivity index (χ4n) is 4.30. The van der Waals surface area contributed by atoms with Gasteiger partial charge in [0.1, 0.15) is 4.91 Å². The van der Waals surface area contributed by atoms with Gasteiger partial charge in [-0.25, -0.2) is 12.6 Å². The Morgan fingerprint density at radius 3 is 2.05 bits per heavy atom. The van der Waals surface area contributed by atoms with Gasteiger partial charge < -0.3 is 11.1 Å². The first kappa shape index (κ1) is 27.6. The third-order valence-electron chi connectivity index (χ3n) is 5.94. The molecule has 0 aliphatic heterocycles. The van der Waals surface area contributed by atoms with Crippen molar-refractivity contribution in [2.75, 3.05) is 17.7 Å². The van der Waals surface area contributed by atoms with Gasteiger partial charge in [0, 0.05) is 28.2 Å². The number of sulfone groups is 1. The van der Waals surface area contributed by atoms with Crippen molar-refractivity contribution in [1.82, 2.24) is 0 Å². The molecular weight excluding hydrogens is 564 g/mol. The molecule has 0 amide bonds. The third kappa shape index (κ3) is 5.40. The highest BCUT2D eigenvalue weighted by atomic mass is 32.3. The highest BCUT2D eigenvalue weighted by Gasteiger charge is 2.48. The van der Waals surface area contributed by atoms with Gasteiger partial charge in [-0.2, -0.15) is 16.8 Å². The first-order valence-corrected chi connectivity index (χ1v) is 15.1. The van der Waals surface area contributed by atoms with Crippen molar-refractivity contribution in [1.29, 1.82) is 0 Å². The van der Waals surface area contributed by atoms with Crippen LogP contribution in [0.4, 0.5) is 5.69 Å². The van der Waals surface area contributed by atoms with E-state index in [0.717, 1.165) is 12.1 Å². The van der Waals surface area contributed by atoms with Crippen LogP contribution in [0.25, 0.3) is 0 Å². The first-order valence-electron chi connectivity index (χ1n) is 10.7. The average Bonchev–Trinajstić information content (AvgIpc) is 2.82. The summed E-state index contributed by atoms with van der Waals surface area (Å²) in [5.74, 6) is -4.74. The molecule has 2 atom stereocenters. The lowest BCUT2D eigenvalue weighted by molar-refractivity contribution is 0.0785. The van der Waals surface area contributed by atoms with Crippen LogP contribution in [0.15, 0.2) is 75.8 Å². The van der Waals surface area contributed by atoms with Gasteiger partial charge in [0.2, 0.25) is 0 Å². The topological polar surface area (TPSA) is 224 Å². The maximum atomic E-state index is 13.4. The van der Waals surface area contributed by atoms with Gasteiger partial charge in [0.15, 0.2) is 21.4 Å². The molecule has 5 N–H and O–H groups in total. The Morgan fingerprint density at radius 1 is 0.868 bits per heavy atom. The van der Waals surface area contributed by atoms with E-state index in [0.29, 0.717) is 0 Å². The maximum Gasteiger partial charge on any atom is 0.397 e. The highest BCUT2D eigenvalue weighted by Crippen LogP contribution is 2.42. The number of nitrogens with one attached hydrogen (secondary N) is 1. The number of ketones is 2. The minimum Gasteiger partial charge on any atom is -0.400 e. The molecule has 0 saturated carbocycles. The second kappa shape index (κ2) is 9.72. The largest absolute Gasteiger partial charge is 0.400 e. The number of hydrogen-bond acceptors (Lipinski definition) is 11. The molecule has 0 aromatic heterocycles. The van der Waals surface area contributed by atoms with E-state index in [1.807, 2.05) is 0 Å². The summed E-state index contributed by atoms with van der Waals surface area (Å²) >= 11 is 0. The van der Waals surface area contributed by atoms with Gasteiger partial charge in [0.25, 0.3) is 10.1 Å². The lowest BCUT2D eigenvalue weighted by atomic mass is 9.69. The van der Waals surface area contributed by atoms with Crippen LogP contribution in [-0.4, -0.2) is 58.3 Å². The number of anilines is 1. The lowest BCUT2D eigenvalue weighted by Gasteiger charge is -2.36. The van der Waals surface area contributed by atoms with Crippen LogP contribution in [0.5, 0.6) is 0 Å². The van der Waals surface area contributed by atoms with Gasteiger partial charge in [-0.15, -0.1) is 0 Å². The summed E-state index contributed by atoms with van der Waals surface area (Å²) in [5, 5.41) is 2.77. The third-order valence-corrected chi connectivity index (χ3v) is 8.99. The standard InChI is InChI=1S/C22H20N2O11S3/c23-20-17(37(29,30)31)11-16(18-19(20)22(26)15-7-2-1-6-14(15)21(18)25)24-12-4-3-5-13(10-12)36(27,28)9-8-35-38(32,33)34/h1-7,10-11,18-19,24H,8-9,23H2,(H,29,30,31)(H,32,33,34). The summed E-state index contributed by atoms with van der Waals surface area (Å²) in [6.07, 6.45) is 0.909. The number of carbonyl (C=O) groups is 2. The molecule has 13 nitrogen and oxygen atoms in total. The van der Waals surface area contributed by atoms with Crippen LogP contribution in [0.3, 0.4) is 0 Å². The molecule has 202 valence electrons. The van der Waals surface area contributed by atoms with E-state index in [4.69, 9.17) is 10.3 Å². The Bertz CT molecular complexity index is 1740. The Kier molecular flexibility index (Phi) is 7.06. The van der Waals surface area contributed by atoms with Crippen LogP contribution >= 0.6 is 0 Å². The molecule has 2 aromatic rings. The number of nitrogens with two attached hydrogens (primary N) is 1. The predicted octanol–water partition coefficient (Wildman–Crippen LogP) is 0.959. The van der Waals surface area contributed by atoms with Crippen molar-refractivity contribution < 1.29 is 48.1 Å². The molecule has 2 aliphatic rings. The summed E-state index contributed by atoms with van der Waals surface area (Å²) < 4.78 is 93.1.